The maximum absolute atomic E-state index is 4.50. The Bertz CT molecular complexity index is 160. The minimum atomic E-state index is 0.883. The van der Waals surface area contributed by atoms with E-state index in [-0.39, 0.29) is 0 Å². The molecule has 0 aromatic rings. The fourth-order valence-electron chi connectivity index (χ4n) is 2.35. The van der Waals surface area contributed by atoms with E-state index < -0.39 is 0 Å². The Hall–Kier alpha value is -0.330. The van der Waals surface area contributed by atoms with E-state index in [1.54, 1.807) is 0 Å². The predicted octanol–water partition coefficient (Wildman–Crippen LogP) is 2.27. The molecule has 0 aromatic heterocycles. The van der Waals surface area contributed by atoms with Crippen LogP contribution in [0.4, 0.5) is 0 Å². The number of rotatable bonds is 0. The fraction of sp³-hybridized carbons (Fsp3) is 0.889. The zero-order valence-electron chi connectivity index (χ0n) is 6.64. The summed E-state index contributed by atoms with van der Waals surface area (Å²) >= 11 is 0. The van der Waals surface area contributed by atoms with Crippen molar-refractivity contribution in [3.8, 4) is 0 Å². The molecule has 2 aliphatic rings. The summed E-state index contributed by atoms with van der Waals surface area (Å²) in [6.45, 7) is 3.34. The monoisotopic (exact) mass is 137 g/mol. The molecule has 0 saturated heterocycles. The van der Waals surface area contributed by atoms with E-state index in [1.165, 1.54) is 31.4 Å². The molecule has 56 valence electrons. The topological polar surface area (TPSA) is 12.4 Å². The highest BCUT2D eigenvalue weighted by Crippen LogP contribution is 2.34. The van der Waals surface area contributed by atoms with Gasteiger partial charge in [0, 0.05) is 18.2 Å². The van der Waals surface area contributed by atoms with Crippen LogP contribution in [0.3, 0.4) is 0 Å². The van der Waals surface area contributed by atoms with Gasteiger partial charge in [-0.05, 0) is 25.7 Å². The van der Waals surface area contributed by atoms with Crippen molar-refractivity contribution in [2.75, 3.05) is 6.54 Å². The zero-order chi connectivity index (χ0) is 6.97. The van der Waals surface area contributed by atoms with Crippen LogP contribution >= 0.6 is 0 Å². The van der Waals surface area contributed by atoms with Gasteiger partial charge in [0.2, 0.25) is 0 Å². The van der Waals surface area contributed by atoms with Crippen LogP contribution in [0.2, 0.25) is 0 Å². The molecule has 1 fully saturated rings. The van der Waals surface area contributed by atoms with Crippen molar-refractivity contribution in [2.45, 2.75) is 32.6 Å². The van der Waals surface area contributed by atoms with Crippen LogP contribution in [-0.2, 0) is 0 Å². The zero-order valence-corrected chi connectivity index (χ0v) is 6.64. The van der Waals surface area contributed by atoms with E-state index in [0.29, 0.717) is 0 Å². The predicted molar refractivity (Wildman–Crippen MR) is 43.4 cm³/mol. The van der Waals surface area contributed by atoms with Crippen LogP contribution in [0.1, 0.15) is 32.6 Å². The number of aliphatic imine (C=N–C) groups is 1. The van der Waals surface area contributed by atoms with E-state index >= 15 is 0 Å². The van der Waals surface area contributed by atoms with Gasteiger partial charge in [0.05, 0.1) is 0 Å². The quantitative estimate of drug-likeness (QED) is 0.485. The van der Waals surface area contributed by atoms with Crippen molar-refractivity contribution in [3.63, 3.8) is 0 Å². The summed E-state index contributed by atoms with van der Waals surface area (Å²) in [5, 5.41) is 0. The molecule has 2 atom stereocenters. The van der Waals surface area contributed by atoms with Gasteiger partial charge in [0.15, 0.2) is 0 Å². The van der Waals surface area contributed by atoms with Crippen LogP contribution in [0.15, 0.2) is 4.99 Å². The third-order valence-corrected chi connectivity index (χ3v) is 3.02. The summed E-state index contributed by atoms with van der Waals surface area (Å²) < 4.78 is 0. The lowest BCUT2D eigenvalue weighted by Crippen LogP contribution is -2.21. The number of hydrogen-bond acceptors (Lipinski definition) is 1. The molecule has 0 spiro atoms. The minimum absolute atomic E-state index is 0.883. The summed E-state index contributed by atoms with van der Waals surface area (Å²) in [5.41, 5.74) is 1.43. The van der Waals surface area contributed by atoms with Gasteiger partial charge in [0.1, 0.15) is 0 Å². The second-order valence-corrected chi connectivity index (χ2v) is 3.63. The van der Waals surface area contributed by atoms with E-state index in [2.05, 4.69) is 11.9 Å². The Morgan fingerprint density at radius 3 is 2.90 bits per heavy atom. The molecule has 1 heterocycles. The van der Waals surface area contributed by atoms with Gasteiger partial charge >= 0.3 is 0 Å². The van der Waals surface area contributed by atoms with Crippen LogP contribution in [0.5, 0.6) is 0 Å². The Kier molecular flexibility index (Phi) is 1.51. The van der Waals surface area contributed by atoms with Crippen molar-refractivity contribution in [2.24, 2.45) is 16.8 Å². The Labute approximate surface area is 62.5 Å². The second-order valence-electron chi connectivity index (χ2n) is 3.63. The third kappa shape index (κ3) is 0.882. The van der Waals surface area contributed by atoms with Crippen LogP contribution < -0.4 is 0 Å². The highest BCUT2D eigenvalue weighted by atomic mass is 14.8. The highest BCUT2D eigenvalue weighted by Gasteiger charge is 2.30. The molecule has 0 bridgehead atoms. The standard InChI is InChI=1S/C9H15N/c1-7-9-5-3-2-4-8(9)6-10-7/h8-9H,2-6H2,1H3. The van der Waals surface area contributed by atoms with Crippen LogP contribution in [-0.4, -0.2) is 12.3 Å². The van der Waals surface area contributed by atoms with Gasteiger partial charge in [-0.25, -0.2) is 0 Å². The smallest absolute Gasteiger partial charge is 0.0423 e. The molecule has 1 saturated carbocycles. The summed E-state index contributed by atoms with van der Waals surface area (Å²) in [7, 11) is 0. The Balaban J connectivity index is 2.08. The van der Waals surface area contributed by atoms with E-state index in [0.717, 1.165) is 18.4 Å². The fourth-order valence-corrected chi connectivity index (χ4v) is 2.35. The largest absolute Gasteiger partial charge is 0.294 e. The first-order valence-corrected chi connectivity index (χ1v) is 4.39. The number of nitrogens with zero attached hydrogens (tertiary/aromatic N) is 1. The van der Waals surface area contributed by atoms with Crippen LogP contribution in [0.25, 0.3) is 0 Å². The molecule has 0 N–H and O–H groups in total. The molecule has 1 heteroatoms. The van der Waals surface area contributed by atoms with Crippen molar-refractivity contribution >= 4 is 5.71 Å². The Morgan fingerprint density at radius 1 is 1.30 bits per heavy atom. The van der Waals surface area contributed by atoms with Crippen LogP contribution in [0, 0.1) is 11.8 Å². The molecule has 0 radical (unpaired) electrons. The maximum Gasteiger partial charge on any atom is 0.0423 e. The lowest BCUT2D eigenvalue weighted by molar-refractivity contribution is 0.328. The van der Waals surface area contributed by atoms with Gasteiger partial charge < -0.3 is 0 Å². The number of hydrogen-bond donors (Lipinski definition) is 0. The van der Waals surface area contributed by atoms with E-state index in [9.17, 15) is 0 Å². The van der Waals surface area contributed by atoms with Gasteiger partial charge in [-0.15, -0.1) is 0 Å². The molecule has 1 aliphatic carbocycles. The average Bonchev–Trinajstić information content (AvgIpc) is 2.34. The van der Waals surface area contributed by atoms with Crippen molar-refractivity contribution in [3.05, 3.63) is 0 Å². The molecule has 0 amide bonds. The molecular formula is C9H15N. The summed E-state index contributed by atoms with van der Waals surface area (Å²) in [6, 6.07) is 0. The first kappa shape index (κ1) is 6.38. The molecular weight excluding hydrogens is 122 g/mol. The molecule has 0 aromatic carbocycles. The first-order valence-electron chi connectivity index (χ1n) is 4.39. The minimum Gasteiger partial charge on any atom is -0.294 e. The SMILES string of the molecule is CC1=NCC2CCCCC12. The number of fused-ring (bicyclic) bond motifs is 1. The van der Waals surface area contributed by atoms with Crippen molar-refractivity contribution in [1.82, 2.24) is 0 Å². The molecule has 2 rings (SSSR count). The van der Waals surface area contributed by atoms with Gasteiger partial charge in [0.25, 0.3) is 0 Å². The first-order chi connectivity index (χ1) is 4.88. The summed E-state index contributed by atoms with van der Waals surface area (Å²) in [4.78, 5) is 4.50. The molecule has 1 nitrogen and oxygen atoms in total. The molecule has 10 heavy (non-hydrogen) atoms. The van der Waals surface area contributed by atoms with Crippen molar-refractivity contribution < 1.29 is 0 Å². The second kappa shape index (κ2) is 2.37. The lowest BCUT2D eigenvalue weighted by atomic mass is 9.79. The summed E-state index contributed by atoms with van der Waals surface area (Å²) in [6.07, 6.45) is 5.74. The summed E-state index contributed by atoms with van der Waals surface area (Å²) in [5.74, 6) is 1.82. The highest BCUT2D eigenvalue weighted by molar-refractivity contribution is 5.86. The van der Waals surface area contributed by atoms with E-state index in [4.69, 9.17) is 0 Å². The normalized spacial score (nSPS) is 39.1. The third-order valence-electron chi connectivity index (χ3n) is 3.02. The van der Waals surface area contributed by atoms with Gasteiger partial charge in [-0.2, -0.15) is 0 Å². The molecule has 2 unspecified atom stereocenters. The molecule has 1 aliphatic heterocycles. The maximum atomic E-state index is 4.50. The van der Waals surface area contributed by atoms with Gasteiger partial charge in [-0.3, -0.25) is 4.99 Å². The van der Waals surface area contributed by atoms with E-state index in [1.807, 2.05) is 0 Å². The van der Waals surface area contributed by atoms with Crippen molar-refractivity contribution in [1.29, 1.82) is 0 Å². The Morgan fingerprint density at radius 2 is 2.10 bits per heavy atom. The average molecular weight is 137 g/mol. The van der Waals surface area contributed by atoms with Gasteiger partial charge in [-0.1, -0.05) is 12.8 Å². The lowest BCUT2D eigenvalue weighted by Gasteiger charge is -2.24.